The summed E-state index contributed by atoms with van der Waals surface area (Å²) in [5, 5.41) is 6.82. The Labute approximate surface area is 85.8 Å². The first-order chi connectivity index (χ1) is 6.74. The lowest BCUT2D eigenvalue weighted by atomic mass is 10.1. The van der Waals surface area contributed by atoms with Crippen LogP contribution in [-0.2, 0) is 0 Å². The number of hydrogen-bond donors (Lipinski definition) is 2. The highest BCUT2D eigenvalue weighted by Crippen LogP contribution is 2.08. The Balaban J connectivity index is 1.75. The maximum Gasteiger partial charge on any atom is 0.191 e. The monoisotopic (exact) mass is 196 g/mol. The maximum atomic E-state index is 4.41. The third kappa shape index (κ3) is 2.38. The average molecular weight is 196 g/mol. The van der Waals surface area contributed by atoms with Crippen molar-refractivity contribution in [3.8, 4) is 0 Å². The molecule has 0 aromatic rings. The van der Waals surface area contributed by atoms with Crippen LogP contribution in [0.1, 0.15) is 19.8 Å². The molecule has 0 aromatic heterocycles. The second-order valence-electron chi connectivity index (χ2n) is 4.46. The summed E-state index contributed by atoms with van der Waals surface area (Å²) in [6.07, 6.45) is 2.46. The number of aliphatic imine (C=N–C) groups is 1. The molecule has 2 aliphatic heterocycles. The van der Waals surface area contributed by atoms with Crippen molar-refractivity contribution in [1.82, 2.24) is 15.5 Å². The third-order valence-electron chi connectivity index (χ3n) is 2.97. The molecular formula is C10H20N4. The van der Waals surface area contributed by atoms with E-state index in [1.165, 1.54) is 25.9 Å². The van der Waals surface area contributed by atoms with Gasteiger partial charge in [-0.3, -0.25) is 4.99 Å². The number of rotatable bonds is 1. The number of likely N-dealkylation sites (tertiary alicyclic amines) is 1. The van der Waals surface area contributed by atoms with Gasteiger partial charge in [0.25, 0.3) is 0 Å². The van der Waals surface area contributed by atoms with Gasteiger partial charge in [0.05, 0.1) is 6.54 Å². The molecule has 0 saturated carbocycles. The van der Waals surface area contributed by atoms with Crippen LogP contribution < -0.4 is 10.6 Å². The van der Waals surface area contributed by atoms with Crippen molar-refractivity contribution in [2.75, 3.05) is 26.7 Å². The lowest BCUT2D eigenvalue weighted by molar-refractivity contribution is 0.246. The molecule has 80 valence electrons. The molecule has 0 bridgehead atoms. The second kappa shape index (κ2) is 4.17. The third-order valence-corrected chi connectivity index (χ3v) is 2.97. The number of piperidine rings is 1. The summed E-state index contributed by atoms with van der Waals surface area (Å²) in [6, 6.07) is 1.12. The molecule has 0 amide bonds. The van der Waals surface area contributed by atoms with Gasteiger partial charge in [-0.25, -0.2) is 0 Å². The SMILES string of the molecule is CC1CN=C(NC2CCN(C)CC2)N1. The van der Waals surface area contributed by atoms with Crippen LogP contribution in [0.4, 0.5) is 0 Å². The zero-order chi connectivity index (χ0) is 9.97. The molecule has 0 aromatic carbocycles. The number of hydrogen-bond acceptors (Lipinski definition) is 4. The Bertz CT molecular complexity index is 218. The fourth-order valence-corrected chi connectivity index (χ4v) is 1.99. The Morgan fingerprint density at radius 1 is 1.43 bits per heavy atom. The summed E-state index contributed by atoms with van der Waals surface area (Å²) in [7, 11) is 2.18. The topological polar surface area (TPSA) is 39.7 Å². The molecule has 0 radical (unpaired) electrons. The first-order valence-electron chi connectivity index (χ1n) is 5.50. The van der Waals surface area contributed by atoms with Gasteiger partial charge in [0, 0.05) is 12.1 Å². The van der Waals surface area contributed by atoms with Crippen LogP contribution in [0.25, 0.3) is 0 Å². The van der Waals surface area contributed by atoms with E-state index in [1.807, 2.05) is 0 Å². The minimum atomic E-state index is 0.503. The molecule has 0 aliphatic carbocycles. The largest absolute Gasteiger partial charge is 0.354 e. The molecule has 4 heteroatoms. The Kier molecular flexibility index (Phi) is 2.91. The summed E-state index contributed by atoms with van der Waals surface area (Å²) >= 11 is 0. The van der Waals surface area contributed by atoms with Gasteiger partial charge in [-0.15, -0.1) is 0 Å². The minimum Gasteiger partial charge on any atom is -0.354 e. The summed E-state index contributed by atoms with van der Waals surface area (Å²) in [4.78, 5) is 6.79. The highest BCUT2D eigenvalue weighted by atomic mass is 15.2. The van der Waals surface area contributed by atoms with Crippen molar-refractivity contribution < 1.29 is 0 Å². The highest BCUT2D eigenvalue weighted by molar-refractivity contribution is 5.81. The fraction of sp³-hybridized carbons (Fsp3) is 0.900. The van der Waals surface area contributed by atoms with Gasteiger partial charge in [0.15, 0.2) is 5.96 Å². The van der Waals surface area contributed by atoms with Crippen LogP contribution in [0, 0.1) is 0 Å². The molecule has 1 fully saturated rings. The predicted molar refractivity (Wildman–Crippen MR) is 58.6 cm³/mol. The zero-order valence-corrected chi connectivity index (χ0v) is 9.08. The van der Waals surface area contributed by atoms with Gasteiger partial charge in [0.2, 0.25) is 0 Å². The van der Waals surface area contributed by atoms with E-state index in [-0.39, 0.29) is 0 Å². The Morgan fingerprint density at radius 2 is 2.14 bits per heavy atom. The smallest absolute Gasteiger partial charge is 0.191 e. The van der Waals surface area contributed by atoms with Gasteiger partial charge in [-0.2, -0.15) is 0 Å². The molecular weight excluding hydrogens is 176 g/mol. The fourth-order valence-electron chi connectivity index (χ4n) is 1.99. The lowest BCUT2D eigenvalue weighted by Gasteiger charge is -2.30. The summed E-state index contributed by atoms with van der Waals surface area (Å²) < 4.78 is 0. The van der Waals surface area contributed by atoms with E-state index >= 15 is 0 Å². The molecule has 2 N–H and O–H groups in total. The van der Waals surface area contributed by atoms with Crippen LogP contribution in [0.15, 0.2) is 4.99 Å². The highest BCUT2D eigenvalue weighted by Gasteiger charge is 2.20. The first-order valence-corrected chi connectivity index (χ1v) is 5.50. The van der Waals surface area contributed by atoms with E-state index in [0.717, 1.165) is 12.5 Å². The molecule has 2 aliphatic rings. The van der Waals surface area contributed by atoms with Gasteiger partial charge in [-0.1, -0.05) is 0 Å². The summed E-state index contributed by atoms with van der Waals surface area (Å²) in [6.45, 7) is 5.46. The summed E-state index contributed by atoms with van der Waals surface area (Å²) in [5.74, 6) is 1.01. The second-order valence-corrected chi connectivity index (χ2v) is 4.46. The minimum absolute atomic E-state index is 0.503. The van der Waals surface area contributed by atoms with Crippen LogP contribution in [0.2, 0.25) is 0 Å². The molecule has 14 heavy (non-hydrogen) atoms. The van der Waals surface area contributed by atoms with Crippen molar-refractivity contribution >= 4 is 5.96 Å². The van der Waals surface area contributed by atoms with E-state index in [9.17, 15) is 0 Å². The molecule has 0 spiro atoms. The Morgan fingerprint density at radius 3 is 2.71 bits per heavy atom. The first kappa shape index (κ1) is 9.77. The van der Waals surface area contributed by atoms with E-state index in [2.05, 4.69) is 34.5 Å². The molecule has 1 saturated heterocycles. The Hall–Kier alpha value is -0.770. The van der Waals surface area contributed by atoms with Crippen molar-refractivity contribution in [2.45, 2.75) is 31.8 Å². The maximum absolute atomic E-state index is 4.41. The lowest BCUT2D eigenvalue weighted by Crippen LogP contribution is -2.47. The summed E-state index contributed by atoms with van der Waals surface area (Å²) in [5.41, 5.74) is 0. The van der Waals surface area contributed by atoms with Gasteiger partial charge in [0.1, 0.15) is 0 Å². The van der Waals surface area contributed by atoms with Crippen molar-refractivity contribution in [3.63, 3.8) is 0 Å². The number of nitrogens with one attached hydrogen (secondary N) is 2. The molecule has 1 unspecified atom stereocenters. The van der Waals surface area contributed by atoms with Gasteiger partial charge < -0.3 is 15.5 Å². The van der Waals surface area contributed by atoms with Crippen LogP contribution in [-0.4, -0.2) is 49.6 Å². The number of nitrogens with zero attached hydrogens (tertiary/aromatic N) is 2. The molecule has 1 atom stereocenters. The molecule has 2 heterocycles. The normalized spacial score (nSPS) is 29.9. The zero-order valence-electron chi connectivity index (χ0n) is 9.08. The average Bonchev–Trinajstić information content (AvgIpc) is 2.56. The standard InChI is InChI=1S/C10H20N4/c1-8-7-11-10(12-8)13-9-3-5-14(2)6-4-9/h8-9H,3-7H2,1-2H3,(H2,11,12,13). The van der Waals surface area contributed by atoms with E-state index in [0.29, 0.717) is 12.1 Å². The van der Waals surface area contributed by atoms with Gasteiger partial charge in [-0.05, 0) is 39.9 Å². The quantitative estimate of drug-likeness (QED) is 0.621. The van der Waals surface area contributed by atoms with E-state index < -0.39 is 0 Å². The van der Waals surface area contributed by atoms with Crippen molar-refractivity contribution in [2.24, 2.45) is 4.99 Å². The van der Waals surface area contributed by atoms with E-state index in [1.54, 1.807) is 0 Å². The predicted octanol–water partition coefficient (Wildman–Crippen LogP) is 0.0179. The number of guanidine groups is 1. The molecule has 4 nitrogen and oxygen atoms in total. The van der Waals surface area contributed by atoms with Crippen LogP contribution in [0.3, 0.4) is 0 Å². The van der Waals surface area contributed by atoms with Crippen LogP contribution in [0.5, 0.6) is 0 Å². The van der Waals surface area contributed by atoms with Crippen molar-refractivity contribution in [1.29, 1.82) is 0 Å². The van der Waals surface area contributed by atoms with E-state index in [4.69, 9.17) is 0 Å². The van der Waals surface area contributed by atoms with Crippen LogP contribution >= 0.6 is 0 Å². The van der Waals surface area contributed by atoms with Gasteiger partial charge >= 0.3 is 0 Å². The molecule has 2 rings (SSSR count). The van der Waals surface area contributed by atoms with Crippen molar-refractivity contribution in [3.05, 3.63) is 0 Å².